The Kier molecular flexibility index (Phi) is 5.57. The molecule has 3 rings (SSSR count). The van der Waals surface area contributed by atoms with Crippen LogP contribution in [-0.2, 0) is 19.5 Å². The summed E-state index contributed by atoms with van der Waals surface area (Å²) in [4.78, 5) is 14.0. The number of nitrogens with one attached hydrogen (secondary N) is 1. The number of hydrogen-bond donors (Lipinski definition) is 1. The Morgan fingerprint density at radius 1 is 1.08 bits per heavy atom. The molecule has 25 heavy (non-hydrogen) atoms. The van der Waals surface area contributed by atoms with Gasteiger partial charge in [0.05, 0.1) is 31.3 Å². The second-order valence-corrected chi connectivity index (χ2v) is 7.98. The molecule has 9 heteroatoms. The Morgan fingerprint density at radius 2 is 1.72 bits per heavy atom. The molecule has 1 unspecified atom stereocenters. The van der Waals surface area contributed by atoms with Crippen LogP contribution >= 0.6 is 0 Å². The van der Waals surface area contributed by atoms with Gasteiger partial charge in [-0.2, -0.15) is 4.31 Å². The lowest BCUT2D eigenvalue weighted by molar-refractivity contribution is 0.0393. The molecule has 0 aliphatic carbocycles. The number of sulfonamides is 1. The molecule has 0 aromatic heterocycles. The van der Waals surface area contributed by atoms with E-state index in [0.717, 1.165) is 0 Å². The van der Waals surface area contributed by atoms with Crippen LogP contribution in [0.5, 0.6) is 0 Å². The van der Waals surface area contributed by atoms with E-state index in [1.54, 1.807) is 17.0 Å². The van der Waals surface area contributed by atoms with Crippen LogP contribution in [0.1, 0.15) is 6.92 Å². The van der Waals surface area contributed by atoms with E-state index >= 15 is 0 Å². The maximum absolute atomic E-state index is 12.7. The Hall–Kier alpha value is -1.68. The predicted octanol–water partition coefficient (Wildman–Crippen LogP) is 0.960. The third kappa shape index (κ3) is 4.12. The van der Waals surface area contributed by atoms with Crippen LogP contribution in [0, 0.1) is 0 Å². The zero-order valence-corrected chi connectivity index (χ0v) is 15.0. The van der Waals surface area contributed by atoms with Crippen molar-refractivity contribution in [2.24, 2.45) is 0 Å². The predicted molar refractivity (Wildman–Crippen MR) is 92.0 cm³/mol. The number of morpholine rings is 2. The third-order valence-electron chi connectivity index (χ3n) is 4.32. The molecule has 138 valence electrons. The molecule has 8 nitrogen and oxygen atoms in total. The lowest BCUT2D eigenvalue weighted by atomic mass is 10.3. The maximum atomic E-state index is 12.7. The number of ether oxygens (including phenoxy) is 2. The molecule has 1 atom stereocenters. The van der Waals surface area contributed by atoms with Crippen LogP contribution in [0.2, 0.25) is 0 Å². The lowest BCUT2D eigenvalue weighted by Gasteiger charge is -2.32. The summed E-state index contributed by atoms with van der Waals surface area (Å²) in [6.07, 6.45) is 0. The molecular formula is C16H23N3O5S. The Balaban J connectivity index is 1.68. The molecule has 1 aromatic rings. The van der Waals surface area contributed by atoms with Crippen LogP contribution < -0.4 is 5.32 Å². The first-order valence-electron chi connectivity index (χ1n) is 8.32. The zero-order valence-electron chi connectivity index (χ0n) is 14.2. The minimum atomic E-state index is -3.56. The summed E-state index contributed by atoms with van der Waals surface area (Å²) in [6, 6.07) is 5.85. The first-order valence-corrected chi connectivity index (χ1v) is 9.76. The van der Waals surface area contributed by atoms with Gasteiger partial charge in [0, 0.05) is 31.4 Å². The standard InChI is InChI=1S/C16H23N3O5S/c1-13-12-24-11-8-19(13)25(21,22)15-4-2-14(3-5-15)17-16(20)18-6-9-23-10-7-18/h2-5,13H,6-12H2,1H3,(H,17,20). The molecule has 2 amide bonds. The lowest BCUT2D eigenvalue weighted by Crippen LogP contribution is -2.46. The molecule has 0 radical (unpaired) electrons. The van der Waals surface area contributed by atoms with Gasteiger partial charge in [-0.3, -0.25) is 0 Å². The number of hydrogen-bond acceptors (Lipinski definition) is 5. The van der Waals surface area contributed by atoms with Gasteiger partial charge in [-0.25, -0.2) is 13.2 Å². The van der Waals surface area contributed by atoms with Crippen molar-refractivity contribution in [3.63, 3.8) is 0 Å². The SMILES string of the molecule is CC1COCCN1S(=O)(=O)c1ccc(NC(=O)N2CCOCC2)cc1. The van der Waals surface area contributed by atoms with E-state index in [-0.39, 0.29) is 17.0 Å². The van der Waals surface area contributed by atoms with E-state index in [0.29, 0.717) is 51.7 Å². The molecule has 1 aromatic carbocycles. The number of benzene rings is 1. The maximum Gasteiger partial charge on any atom is 0.321 e. The fraction of sp³-hybridized carbons (Fsp3) is 0.562. The smallest absolute Gasteiger partial charge is 0.321 e. The number of nitrogens with zero attached hydrogens (tertiary/aromatic N) is 2. The summed E-state index contributed by atoms with van der Waals surface area (Å²) in [5.74, 6) is 0. The summed E-state index contributed by atoms with van der Waals surface area (Å²) >= 11 is 0. The van der Waals surface area contributed by atoms with Gasteiger partial charge >= 0.3 is 6.03 Å². The number of anilines is 1. The number of rotatable bonds is 3. The highest BCUT2D eigenvalue weighted by atomic mass is 32.2. The Morgan fingerprint density at radius 3 is 2.36 bits per heavy atom. The number of amides is 2. The molecule has 0 saturated carbocycles. The van der Waals surface area contributed by atoms with Crippen molar-refractivity contribution in [2.45, 2.75) is 17.9 Å². The van der Waals surface area contributed by atoms with E-state index in [1.165, 1.54) is 16.4 Å². The topological polar surface area (TPSA) is 88.2 Å². The van der Waals surface area contributed by atoms with Crippen molar-refractivity contribution < 1.29 is 22.7 Å². The fourth-order valence-corrected chi connectivity index (χ4v) is 4.48. The normalized spacial score (nSPS) is 22.6. The Labute approximate surface area is 147 Å². The van der Waals surface area contributed by atoms with Gasteiger partial charge in [0.25, 0.3) is 0 Å². The van der Waals surface area contributed by atoms with E-state index in [9.17, 15) is 13.2 Å². The monoisotopic (exact) mass is 369 g/mol. The van der Waals surface area contributed by atoms with E-state index in [1.807, 2.05) is 6.92 Å². The van der Waals surface area contributed by atoms with E-state index in [2.05, 4.69) is 5.32 Å². The van der Waals surface area contributed by atoms with E-state index < -0.39 is 10.0 Å². The van der Waals surface area contributed by atoms with Crippen molar-refractivity contribution >= 4 is 21.7 Å². The summed E-state index contributed by atoms with van der Waals surface area (Å²) in [6.45, 7) is 5.13. The van der Waals surface area contributed by atoms with Crippen molar-refractivity contribution in [3.8, 4) is 0 Å². The first-order chi connectivity index (χ1) is 12.0. The number of carbonyl (C=O) groups excluding carboxylic acids is 1. The largest absolute Gasteiger partial charge is 0.378 e. The minimum Gasteiger partial charge on any atom is -0.378 e. The summed E-state index contributed by atoms with van der Waals surface area (Å²) in [7, 11) is -3.56. The van der Waals surface area contributed by atoms with E-state index in [4.69, 9.17) is 9.47 Å². The molecule has 0 spiro atoms. The highest BCUT2D eigenvalue weighted by Crippen LogP contribution is 2.22. The van der Waals surface area contributed by atoms with Crippen LogP contribution in [0.25, 0.3) is 0 Å². The van der Waals surface area contributed by atoms with Gasteiger partial charge in [-0.1, -0.05) is 0 Å². The van der Waals surface area contributed by atoms with Crippen molar-refractivity contribution in [1.82, 2.24) is 9.21 Å². The molecule has 2 saturated heterocycles. The molecule has 2 heterocycles. The summed E-state index contributed by atoms with van der Waals surface area (Å²) in [5, 5.41) is 2.78. The molecule has 2 fully saturated rings. The average molecular weight is 369 g/mol. The molecule has 2 aliphatic heterocycles. The van der Waals surface area contributed by atoms with Crippen LogP contribution in [0.4, 0.5) is 10.5 Å². The van der Waals surface area contributed by atoms with Crippen LogP contribution in [0.3, 0.4) is 0 Å². The second kappa shape index (κ2) is 7.69. The van der Waals surface area contributed by atoms with Crippen molar-refractivity contribution in [2.75, 3.05) is 51.4 Å². The van der Waals surface area contributed by atoms with Gasteiger partial charge in [0.1, 0.15) is 0 Å². The van der Waals surface area contributed by atoms with Crippen molar-refractivity contribution in [1.29, 1.82) is 0 Å². The van der Waals surface area contributed by atoms with Gasteiger partial charge in [-0.15, -0.1) is 0 Å². The number of carbonyl (C=O) groups is 1. The van der Waals surface area contributed by atoms with Gasteiger partial charge in [0.15, 0.2) is 0 Å². The van der Waals surface area contributed by atoms with Gasteiger partial charge < -0.3 is 19.7 Å². The molecule has 2 aliphatic rings. The van der Waals surface area contributed by atoms with Gasteiger partial charge in [-0.05, 0) is 31.2 Å². The highest BCUT2D eigenvalue weighted by Gasteiger charge is 2.31. The zero-order chi connectivity index (χ0) is 17.9. The summed E-state index contributed by atoms with van der Waals surface area (Å²) in [5.41, 5.74) is 0.561. The quantitative estimate of drug-likeness (QED) is 0.857. The van der Waals surface area contributed by atoms with Crippen LogP contribution in [0.15, 0.2) is 29.2 Å². The van der Waals surface area contributed by atoms with Crippen molar-refractivity contribution in [3.05, 3.63) is 24.3 Å². The van der Waals surface area contributed by atoms with Crippen LogP contribution in [-0.4, -0.2) is 75.8 Å². The minimum absolute atomic E-state index is 0.195. The average Bonchev–Trinajstić information content (AvgIpc) is 2.63. The van der Waals surface area contributed by atoms with Gasteiger partial charge in [0.2, 0.25) is 10.0 Å². The fourth-order valence-electron chi connectivity index (χ4n) is 2.88. The molecule has 0 bridgehead atoms. The number of urea groups is 1. The Bertz CT molecular complexity index is 701. The molecule has 1 N–H and O–H groups in total. The third-order valence-corrected chi connectivity index (χ3v) is 6.34. The first kappa shape index (κ1) is 18.1. The summed E-state index contributed by atoms with van der Waals surface area (Å²) < 4.78 is 37.4. The second-order valence-electron chi connectivity index (χ2n) is 6.09. The highest BCUT2D eigenvalue weighted by molar-refractivity contribution is 7.89. The molecular weight excluding hydrogens is 346 g/mol.